The van der Waals surface area contributed by atoms with Gasteiger partial charge in [0.2, 0.25) is 0 Å². The van der Waals surface area contributed by atoms with E-state index in [-0.39, 0.29) is 24.0 Å². The Bertz CT molecular complexity index is 575. The van der Waals surface area contributed by atoms with Crippen LogP contribution in [-0.4, -0.2) is 23.6 Å². The molecule has 4 aliphatic rings. The molecule has 132 valence electrons. The van der Waals surface area contributed by atoms with Gasteiger partial charge in [0.05, 0.1) is 5.92 Å². The highest BCUT2D eigenvalue weighted by atomic mass is 16.6. The molecule has 4 aliphatic carbocycles. The third kappa shape index (κ3) is 2.41. The Morgan fingerprint density at radius 3 is 2.33 bits per heavy atom. The van der Waals surface area contributed by atoms with Crippen molar-refractivity contribution in [3.05, 3.63) is 12.7 Å². The van der Waals surface area contributed by atoms with Crippen molar-refractivity contribution in [3.8, 4) is 0 Å². The molecule has 4 fully saturated rings. The SMILES string of the molecule is C=CC(=O)OC1C[C@@H]2C[C@H]1C1C2[C@H]2CC(C(=O)OC(C)(C)C)[C@@H]1C2. The van der Waals surface area contributed by atoms with Crippen LogP contribution in [0.25, 0.3) is 0 Å². The molecule has 4 heteroatoms. The minimum Gasteiger partial charge on any atom is -0.460 e. The predicted molar refractivity (Wildman–Crippen MR) is 88.8 cm³/mol. The van der Waals surface area contributed by atoms with Crippen molar-refractivity contribution in [2.75, 3.05) is 0 Å². The van der Waals surface area contributed by atoms with Gasteiger partial charge in [0.15, 0.2) is 0 Å². The molecule has 0 N–H and O–H groups in total. The molecule has 0 heterocycles. The Morgan fingerprint density at radius 2 is 1.67 bits per heavy atom. The standard InChI is InChI=1S/C20H28O4/c1-5-16(21)23-15-9-11-8-14(15)18-12-6-10(17(11)18)7-13(12)19(22)24-20(2,3)4/h5,10-15,17-18H,1,6-9H2,2-4H3/t10-,11+,12+,13?,14-,15?,17?,18?/m1/s1. The molecule has 0 saturated heterocycles. The van der Waals surface area contributed by atoms with Gasteiger partial charge in [0.1, 0.15) is 11.7 Å². The van der Waals surface area contributed by atoms with E-state index in [1.165, 1.54) is 12.5 Å². The maximum atomic E-state index is 12.6. The molecule has 0 spiro atoms. The van der Waals surface area contributed by atoms with Crippen LogP contribution in [0.2, 0.25) is 0 Å². The predicted octanol–water partition coefficient (Wildman–Crippen LogP) is 3.35. The fraction of sp³-hybridized carbons (Fsp3) is 0.800. The first-order valence-corrected chi connectivity index (χ1v) is 9.34. The molecule has 24 heavy (non-hydrogen) atoms. The minimum absolute atomic E-state index is 0.0177. The zero-order valence-corrected chi connectivity index (χ0v) is 14.9. The second kappa shape index (κ2) is 5.34. The number of fused-ring (bicyclic) bond motifs is 9. The van der Waals surface area contributed by atoms with E-state index in [0.29, 0.717) is 29.6 Å². The Kier molecular flexibility index (Phi) is 3.59. The van der Waals surface area contributed by atoms with E-state index in [1.807, 2.05) is 20.8 Å². The summed E-state index contributed by atoms with van der Waals surface area (Å²) in [5.74, 6) is 3.22. The lowest BCUT2D eigenvalue weighted by molar-refractivity contribution is -0.165. The lowest BCUT2D eigenvalue weighted by Crippen LogP contribution is -2.42. The first kappa shape index (κ1) is 16.2. The molecule has 8 atom stereocenters. The fourth-order valence-corrected chi connectivity index (χ4v) is 6.52. The van der Waals surface area contributed by atoms with Gasteiger partial charge in [-0.3, -0.25) is 4.79 Å². The van der Waals surface area contributed by atoms with E-state index in [2.05, 4.69) is 6.58 Å². The number of rotatable bonds is 3. The Labute approximate surface area is 144 Å². The van der Waals surface area contributed by atoms with E-state index < -0.39 is 5.60 Å². The normalized spacial score (nSPS) is 45.1. The van der Waals surface area contributed by atoms with Gasteiger partial charge in [0, 0.05) is 6.08 Å². The number of carbonyl (C=O) groups is 2. The topological polar surface area (TPSA) is 52.6 Å². The molecule has 4 saturated carbocycles. The highest BCUT2D eigenvalue weighted by Crippen LogP contribution is 2.69. The van der Waals surface area contributed by atoms with Crippen molar-refractivity contribution in [1.29, 1.82) is 0 Å². The largest absolute Gasteiger partial charge is 0.460 e. The summed E-state index contributed by atoms with van der Waals surface area (Å²) < 4.78 is 11.3. The molecular weight excluding hydrogens is 304 g/mol. The van der Waals surface area contributed by atoms with Crippen molar-refractivity contribution in [2.45, 2.75) is 58.2 Å². The first-order valence-electron chi connectivity index (χ1n) is 9.34. The summed E-state index contributed by atoms with van der Waals surface area (Å²) in [6.45, 7) is 9.30. The molecule has 0 aromatic heterocycles. The number of hydrogen-bond acceptors (Lipinski definition) is 4. The molecular formula is C20H28O4. The molecule has 0 radical (unpaired) electrons. The molecule has 4 nitrogen and oxygen atoms in total. The molecule has 0 aromatic rings. The van der Waals surface area contributed by atoms with Gasteiger partial charge in [0.25, 0.3) is 0 Å². The van der Waals surface area contributed by atoms with Crippen LogP contribution in [0.15, 0.2) is 12.7 Å². The Balaban J connectivity index is 1.49. The molecule has 0 aliphatic heterocycles. The van der Waals surface area contributed by atoms with Crippen LogP contribution in [0.5, 0.6) is 0 Å². The number of esters is 2. The molecule has 0 amide bonds. The van der Waals surface area contributed by atoms with Crippen molar-refractivity contribution >= 4 is 11.9 Å². The number of hydrogen-bond donors (Lipinski definition) is 0. The second-order valence-corrected chi connectivity index (χ2v) is 9.26. The van der Waals surface area contributed by atoms with Crippen LogP contribution in [-0.2, 0) is 19.1 Å². The molecule has 4 rings (SSSR count). The van der Waals surface area contributed by atoms with Crippen LogP contribution in [0, 0.1) is 41.4 Å². The average molecular weight is 332 g/mol. The highest BCUT2D eigenvalue weighted by molar-refractivity contribution is 5.81. The summed E-state index contributed by atoms with van der Waals surface area (Å²) in [5.41, 5.74) is -0.422. The minimum atomic E-state index is -0.422. The lowest BCUT2D eigenvalue weighted by atomic mass is 9.66. The summed E-state index contributed by atoms with van der Waals surface area (Å²) in [5, 5.41) is 0. The van der Waals surface area contributed by atoms with E-state index in [4.69, 9.17) is 9.47 Å². The Morgan fingerprint density at radius 1 is 1.00 bits per heavy atom. The molecule has 4 bridgehead atoms. The van der Waals surface area contributed by atoms with Gasteiger partial charge in [-0.1, -0.05) is 6.58 Å². The third-order valence-electron chi connectivity index (χ3n) is 6.90. The summed E-state index contributed by atoms with van der Waals surface area (Å²) in [6.07, 6.45) is 5.62. The van der Waals surface area contributed by atoms with Crippen LogP contribution in [0.4, 0.5) is 0 Å². The zero-order chi connectivity index (χ0) is 17.2. The highest BCUT2D eigenvalue weighted by Gasteiger charge is 2.66. The van der Waals surface area contributed by atoms with Crippen molar-refractivity contribution in [3.63, 3.8) is 0 Å². The fourth-order valence-electron chi connectivity index (χ4n) is 6.52. The monoisotopic (exact) mass is 332 g/mol. The third-order valence-corrected chi connectivity index (χ3v) is 6.90. The van der Waals surface area contributed by atoms with Gasteiger partial charge in [-0.05, 0) is 82.0 Å². The number of carbonyl (C=O) groups excluding carboxylic acids is 2. The van der Waals surface area contributed by atoms with Gasteiger partial charge in [-0.15, -0.1) is 0 Å². The first-order chi connectivity index (χ1) is 11.3. The van der Waals surface area contributed by atoms with Crippen molar-refractivity contribution in [1.82, 2.24) is 0 Å². The summed E-state index contributed by atoms with van der Waals surface area (Å²) in [6, 6.07) is 0. The van der Waals surface area contributed by atoms with Crippen molar-refractivity contribution < 1.29 is 19.1 Å². The van der Waals surface area contributed by atoms with Gasteiger partial charge in [-0.25, -0.2) is 4.79 Å². The summed E-state index contributed by atoms with van der Waals surface area (Å²) >= 11 is 0. The summed E-state index contributed by atoms with van der Waals surface area (Å²) in [7, 11) is 0. The van der Waals surface area contributed by atoms with Gasteiger partial charge >= 0.3 is 11.9 Å². The molecule has 0 aromatic carbocycles. The van der Waals surface area contributed by atoms with Crippen LogP contribution >= 0.6 is 0 Å². The summed E-state index contributed by atoms with van der Waals surface area (Å²) in [4.78, 5) is 24.2. The maximum Gasteiger partial charge on any atom is 0.330 e. The van der Waals surface area contributed by atoms with E-state index in [1.54, 1.807) is 0 Å². The lowest BCUT2D eigenvalue weighted by Gasteiger charge is -2.40. The zero-order valence-electron chi connectivity index (χ0n) is 14.9. The molecule has 4 unspecified atom stereocenters. The van der Waals surface area contributed by atoms with Gasteiger partial charge in [-0.2, -0.15) is 0 Å². The maximum absolute atomic E-state index is 12.6. The van der Waals surface area contributed by atoms with Crippen molar-refractivity contribution in [2.24, 2.45) is 41.4 Å². The van der Waals surface area contributed by atoms with Crippen LogP contribution in [0.3, 0.4) is 0 Å². The van der Waals surface area contributed by atoms with E-state index >= 15 is 0 Å². The second-order valence-electron chi connectivity index (χ2n) is 9.26. The smallest absolute Gasteiger partial charge is 0.330 e. The Hall–Kier alpha value is -1.32. The van der Waals surface area contributed by atoms with Crippen LogP contribution < -0.4 is 0 Å². The van der Waals surface area contributed by atoms with E-state index in [9.17, 15) is 9.59 Å². The average Bonchev–Trinajstić information content (AvgIpc) is 3.22. The quantitative estimate of drug-likeness (QED) is 0.452. The van der Waals surface area contributed by atoms with E-state index in [0.717, 1.165) is 25.2 Å². The van der Waals surface area contributed by atoms with Gasteiger partial charge < -0.3 is 9.47 Å². The number of ether oxygens (including phenoxy) is 2. The van der Waals surface area contributed by atoms with Crippen LogP contribution in [0.1, 0.15) is 46.5 Å².